The number of aliphatic hydroxyl groups is 2. The highest BCUT2D eigenvalue weighted by atomic mass is 16.3. The zero-order valence-corrected chi connectivity index (χ0v) is 22.3. The number of amides is 4. The molecule has 0 bridgehead atoms. The molecule has 0 aromatic carbocycles. The lowest BCUT2D eigenvalue weighted by atomic mass is 10.0. The van der Waals surface area contributed by atoms with Gasteiger partial charge in [0.05, 0.1) is 12.2 Å². The molecule has 4 amide bonds. The summed E-state index contributed by atoms with van der Waals surface area (Å²) in [6.45, 7) is 5.37. The van der Waals surface area contributed by atoms with E-state index >= 15 is 0 Å². The van der Waals surface area contributed by atoms with Crippen molar-refractivity contribution in [3.05, 3.63) is 36.1 Å². The number of rotatable bonds is 12. The molecule has 1 aliphatic heterocycles. The van der Waals surface area contributed by atoms with Crippen molar-refractivity contribution >= 4 is 23.6 Å². The van der Waals surface area contributed by atoms with Crippen molar-refractivity contribution < 1.29 is 29.4 Å². The molecule has 0 spiro atoms. The SMILES string of the molecule is CCCCCCCC=CC=CC(=O)N[C@H](C(=O)N[C@H]1C[C@@H](O)CCNC(=O)CC=C(C)NC1=O)[C@@H](C)O. The van der Waals surface area contributed by atoms with Crippen LogP contribution in [0.2, 0.25) is 0 Å². The molecule has 0 aromatic rings. The average Bonchev–Trinajstić information content (AvgIpc) is 2.83. The largest absolute Gasteiger partial charge is 0.393 e. The molecule has 0 aromatic heterocycles. The van der Waals surface area contributed by atoms with Crippen LogP contribution in [0.3, 0.4) is 0 Å². The van der Waals surface area contributed by atoms with E-state index in [0.717, 1.165) is 12.8 Å². The highest BCUT2D eigenvalue weighted by molar-refractivity contribution is 5.95. The average molecular weight is 521 g/mol. The van der Waals surface area contributed by atoms with Crippen molar-refractivity contribution in [3.8, 4) is 0 Å². The van der Waals surface area contributed by atoms with Crippen molar-refractivity contribution in [3.63, 3.8) is 0 Å². The van der Waals surface area contributed by atoms with Gasteiger partial charge in [0.15, 0.2) is 0 Å². The molecule has 1 heterocycles. The Morgan fingerprint density at radius 3 is 2.62 bits per heavy atom. The molecule has 6 N–H and O–H groups in total. The van der Waals surface area contributed by atoms with Crippen LogP contribution < -0.4 is 21.3 Å². The maximum atomic E-state index is 12.9. The van der Waals surface area contributed by atoms with E-state index in [4.69, 9.17) is 0 Å². The maximum absolute atomic E-state index is 12.9. The Balaban J connectivity index is 2.74. The fraction of sp³-hybridized carbons (Fsp3) is 0.630. The van der Waals surface area contributed by atoms with Gasteiger partial charge in [0.1, 0.15) is 12.1 Å². The maximum Gasteiger partial charge on any atom is 0.246 e. The van der Waals surface area contributed by atoms with Gasteiger partial charge in [-0.15, -0.1) is 0 Å². The van der Waals surface area contributed by atoms with Crippen molar-refractivity contribution in [1.29, 1.82) is 0 Å². The molecule has 10 nitrogen and oxygen atoms in total. The second-order valence-corrected chi connectivity index (χ2v) is 9.39. The highest BCUT2D eigenvalue weighted by Gasteiger charge is 2.30. The molecule has 37 heavy (non-hydrogen) atoms. The van der Waals surface area contributed by atoms with Crippen LogP contribution in [0, 0.1) is 0 Å². The Labute approximate surface area is 220 Å². The first-order valence-corrected chi connectivity index (χ1v) is 13.2. The second kappa shape index (κ2) is 18.3. The van der Waals surface area contributed by atoms with Crippen molar-refractivity contribution in [2.45, 2.75) is 103 Å². The first-order valence-electron chi connectivity index (χ1n) is 13.2. The molecule has 0 saturated heterocycles. The number of nitrogens with one attached hydrogen (secondary N) is 4. The minimum absolute atomic E-state index is 0.0665. The Hall–Kier alpha value is -2.98. The van der Waals surface area contributed by atoms with Gasteiger partial charge in [-0.3, -0.25) is 19.2 Å². The summed E-state index contributed by atoms with van der Waals surface area (Å²) in [5.41, 5.74) is 0.425. The number of hydrogen-bond donors (Lipinski definition) is 6. The standard InChI is InChI=1S/C27H44N4O6/c1-4-5-6-7-8-9-10-11-12-13-24(35)31-25(20(3)32)27(37)30-22-18-21(33)16-17-28-23(34)15-14-19(2)29-26(22)36/h10-14,20-22,25,32-33H,4-9,15-18H2,1-3H3,(H,28,34)(H,29,36)(H,30,37)(H,31,35)/t20-,21+,22+,25+/m1/s1. The van der Waals surface area contributed by atoms with Crippen molar-refractivity contribution in [2.24, 2.45) is 0 Å². The number of carbonyl (C=O) groups is 4. The van der Waals surface area contributed by atoms with Crippen LogP contribution in [0.1, 0.15) is 78.6 Å². The number of unbranched alkanes of at least 4 members (excludes halogenated alkanes) is 5. The van der Waals surface area contributed by atoms with E-state index in [1.807, 2.05) is 6.08 Å². The van der Waals surface area contributed by atoms with Crippen LogP contribution in [0.15, 0.2) is 36.1 Å². The van der Waals surface area contributed by atoms with Crippen LogP contribution in [-0.4, -0.2) is 64.7 Å². The lowest BCUT2D eigenvalue weighted by molar-refractivity contribution is -0.133. The fourth-order valence-corrected chi connectivity index (χ4v) is 3.70. The number of hydrogen-bond acceptors (Lipinski definition) is 6. The van der Waals surface area contributed by atoms with Gasteiger partial charge in [0, 0.05) is 31.2 Å². The number of allylic oxidation sites excluding steroid dienone is 4. The van der Waals surface area contributed by atoms with Crippen molar-refractivity contribution in [2.75, 3.05) is 6.54 Å². The van der Waals surface area contributed by atoms with Gasteiger partial charge in [-0.1, -0.05) is 56.9 Å². The van der Waals surface area contributed by atoms with Crippen LogP contribution >= 0.6 is 0 Å². The summed E-state index contributed by atoms with van der Waals surface area (Å²) in [5.74, 6) is -2.12. The van der Waals surface area contributed by atoms with Gasteiger partial charge in [-0.2, -0.15) is 0 Å². The molecule has 10 heteroatoms. The highest BCUT2D eigenvalue weighted by Crippen LogP contribution is 2.08. The number of aliphatic hydroxyl groups excluding tert-OH is 2. The minimum atomic E-state index is -1.30. The molecular weight excluding hydrogens is 476 g/mol. The van der Waals surface area contributed by atoms with Gasteiger partial charge in [0.2, 0.25) is 23.6 Å². The van der Waals surface area contributed by atoms with E-state index in [1.54, 1.807) is 25.2 Å². The van der Waals surface area contributed by atoms with E-state index in [0.29, 0.717) is 5.70 Å². The Morgan fingerprint density at radius 2 is 1.92 bits per heavy atom. The normalized spacial score (nSPS) is 21.3. The molecule has 0 fully saturated rings. The summed E-state index contributed by atoms with van der Waals surface area (Å²) in [6, 6.07) is -2.42. The quantitative estimate of drug-likeness (QED) is 0.130. The zero-order valence-electron chi connectivity index (χ0n) is 22.3. The molecule has 0 unspecified atom stereocenters. The van der Waals surface area contributed by atoms with Gasteiger partial charge in [-0.25, -0.2) is 0 Å². The minimum Gasteiger partial charge on any atom is -0.393 e. The molecule has 1 aliphatic rings. The Morgan fingerprint density at radius 1 is 1.19 bits per heavy atom. The molecule has 4 atom stereocenters. The van der Waals surface area contributed by atoms with Crippen LogP contribution in [0.5, 0.6) is 0 Å². The number of carbonyl (C=O) groups excluding carboxylic acids is 4. The monoisotopic (exact) mass is 520 g/mol. The topological polar surface area (TPSA) is 157 Å². The van der Waals surface area contributed by atoms with Gasteiger partial charge < -0.3 is 31.5 Å². The smallest absolute Gasteiger partial charge is 0.246 e. The lowest BCUT2D eigenvalue weighted by Crippen LogP contribution is -2.57. The zero-order chi connectivity index (χ0) is 27.6. The van der Waals surface area contributed by atoms with Gasteiger partial charge >= 0.3 is 0 Å². The summed E-state index contributed by atoms with van der Waals surface area (Å²) in [5, 5.41) is 30.7. The summed E-state index contributed by atoms with van der Waals surface area (Å²) < 4.78 is 0. The predicted molar refractivity (Wildman–Crippen MR) is 142 cm³/mol. The summed E-state index contributed by atoms with van der Waals surface area (Å²) >= 11 is 0. The molecule has 0 aliphatic carbocycles. The first kappa shape index (κ1) is 32.0. The Kier molecular flexibility index (Phi) is 15.8. The lowest BCUT2D eigenvalue weighted by Gasteiger charge is -2.26. The third kappa shape index (κ3) is 14.4. The molecule has 0 saturated carbocycles. The molecule has 208 valence electrons. The van der Waals surface area contributed by atoms with E-state index in [1.165, 1.54) is 38.7 Å². The van der Waals surface area contributed by atoms with Gasteiger partial charge in [-0.05, 0) is 33.1 Å². The van der Waals surface area contributed by atoms with Crippen LogP contribution in [0.4, 0.5) is 0 Å². The van der Waals surface area contributed by atoms with Crippen LogP contribution in [0.25, 0.3) is 0 Å². The molecular formula is C27H44N4O6. The third-order valence-corrected chi connectivity index (χ3v) is 5.89. The van der Waals surface area contributed by atoms with E-state index in [-0.39, 0.29) is 31.7 Å². The van der Waals surface area contributed by atoms with E-state index in [9.17, 15) is 29.4 Å². The third-order valence-electron chi connectivity index (χ3n) is 5.89. The van der Waals surface area contributed by atoms with Crippen molar-refractivity contribution in [1.82, 2.24) is 21.3 Å². The molecule has 0 radical (unpaired) electrons. The molecule has 1 rings (SSSR count). The Bertz CT molecular complexity index is 837. The summed E-state index contributed by atoms with van der Waals surface area (Å²) in [7, 11) is 0. The predicted octanol–water partition coefficient (Wildman–Crippen LogP) is 1.49. The van der Waals surface area contributed by atoms with Gasteiger partial charge in [0.25, 0.3) is 0 Å². The summed E-state index contributed by atoms with van der Waals surface area (Å²) in [6.07, 6.45) is 12.9. The van der Waals surface area contributed by atoms with Crippen LogP contribution in [-0.2, 0) is 19.2 Å². The fourth-order valence-electron chi connectivity index (χ4n) is 3.70. The first-order chi connectivity index (χ1) is 17.6. The van der Waals surface area contributed by atoms with E-state index in [2.05, 4.69) is 28.2 Å². The summed E-state index contributed by atoms with van der Waals surface area (Å²) in [4.78, 5) is 49.7. The van der Waals surface area contributed by atoms with E-state index < -0.39 is 42.0 Å². The second-order valence-electron chi connectivity index (χ2n) is 9.39.